The van der Waals surface area contributed by atoms with Gasteiger partial charge in [-0.2, -0.15) is 0 Å². The lowest BCUT2D eigenvalue weighted by Crippen LogP contribution is -2.10. The Balaban J connectivity index is 1.16. The number of aromatic nitrogens is 1. The van der Waals surface area contributed by atoms with Gasteiger partial charge < -0.3 is 9.32 Å². The van der Waals surface area contributed by atoms with Crippen molar-refractivity contribution in [2.75, 3.05) is 4.90 Å². The first kappa shape index (κ1) is 28.3. The highest BCUT2D eigenvalue weighted by Gasteiger charge is 2.21. The van der Waals surface area contributed by atoms with Gasteiger partial charge in [0, 0.05) is 28.3 Å². The maximum absolute atomic E-state index is 6.60. The number of benzene rings is 8. The van der Waals surface area contributed by atoms with Gasteiger partial charge in [0.25, 0.3) is 0 Å². The van der Waals surface area contributed by atoms with E-state index in [-0.39, 0.29) is 0 Å². The highest BCUT2D eigenvalue weighted by atomic mass is 16.3. The minimum Gasteiger partial charge on any atom is -0.455 e. The number of hydrogen-bond acceptors (Lipinski definition) is 3. The van der Waals surface area contributed by atoms with Crippen LogP contribution in [-0.4, -0.2) is 4.98 Å². The van der Waals surface area contributed by atoms with Crippen molar-refractivity contribution in [3.8, 4) is 22.3 Å². The Morgan fingerprint density at radius 3 is 1.56 bits per heavy atom. The van der Waals surface area contributed by atoms with Crippen molar-refractivity contribution >= 4 is 71.4 Å². The molecular formula is C47H30N2O. The van der Waals surface area contributed by atoms with Gasteiger partial charge in [-0.25, -0.2) is 0 Å². The molecule has 0 saturated carbocycles. The summed E-state index contributed by atoms with van der Waals surface area (Å²) in [5.74, 6) is 0. The normalized spacial score (nSPS) is 11.6. The van der Waals surface area contributed by atoms with Crippen molar-refractivity contribution in [1.82, 2.24) is 4.98 Å². The average Bonchev–Trinajstić information content (AvgIpc) is 3.58. The van der Waals surface area contributed by atoms with Gasteiger partial charge in [-0.1, -0.05) is 127 Å². The van der Waals surface area contributed by atoms with Crippen molar-refractivity contribution in [3.63, 3.8) is 0 Å². The molecule has 0 bridgehead atoms. The fraction of sp³-hybridized carbons (Fsp3) is 0. The molecule has 0 N–H and O–H groups in total. The molecule has 0 aliphatic carbocycles. The summed E-state index contributed by atoms with van der Waals surface area (Å²) < 4.78 is 6.60. The van der Waals surface area contributed by atoms with E-state index in [0.29, 0.717) is 0 Å². The Morgan fingerprint density at radius 1 is 0.420 bits per heavy atom. The number of hydrogen-bond donors (Lipinski definition) is 0. The second kappa shape index (κ2) is 11.5. The minimum atomic E-state index is 0.834. The number of nitrogens with zero attached hydrogens (tertiary/aromatic N) is 2. The maximum Gasteiger partial charge on any atom is 0.146 e. The topological polar surface area (TPSA) is 29.3 Å². The van der Waals surface area contributed by atoms with Crippen LogP contribution in [0.15, 0.2) is 187 Å². The van der Waals surface area contributed by atoms with Crippen molar-refractivity contribution in [1.29, 1.82) is 0 Å². The van der Waals surface area contributed by atoms with E-state index in [9.17, 15) is 0 Å². The van der Waals surface area contributed by atoms with Crippen molar-refractivity contribution in [3.05, 3.63) is 182 Å². The highest BCUT2D eigenvalue weighted by Crippen LogP contribution is 2.45. The number of para-hydroxylation sites is 1. The molecule has 0 radical (unpaired) electrons. The van der Waals surface area contributed by atoms with Crippen LogP contribution < -0.4 is 4.90 Å². The summed E-state index contributed by atoms with van der Waals surface area (Å²) in [7, 11) is 0. The van der Waals surface area contributed by atoms with Crippen LogP contribution in [0.2, 0.25) is 0 Å². The van der Waals surface area contributed by atoms with Gasteiger partial charge in [0.2, 0.25) is 0 Å². The van der Waals surface area contributed by atoms with Crippen LogP contribution in [0.3, 0.4) is 0 Å². The van der Waals surface area contributed by atoms with E-state index in [1.165, 1.54) is 43.8 Å². The molecule has 2 aromatic heterocycles. The lowest BCUT2D eigenvalue weighted by molar-refractivity contribution is 0.672. The standard InChI is InChI=1S/C47H30N2O/c1-3-14-37-31(10-1)12-7-17-39(37)33-22-26-35(27-23-33)49(36-28-24-34(25-29-36)40-18-8-13-32-11-2-4-15-38(32)40)44-20-9-21-45-46(44)42-30-48-43-19-6-5-16-41(43)47(42)50-45/h1-30H. The number of anilines is 3. The Bertz CT molecular complexity index is 2730. The fourth-order valence-corrected chi connectivity index (χ4v) is 7.54. The van der Waals surface area contributed by atoms with E-state index in [4.69, 9.17) is 9.40 Å². The Hall–Kier alpha value is -6.71. The molecule has 0 amide bonds. The van der Waals surface area contributed by atoms with Gasteiger partial charge in [-0.15, -0.1) is 0 Å². The molecule has 10 aromatic rings. The molecule has 234 valence electrons. The van der Waals surface area contributed by atoms with E-state index < -0.39 is 0 Å². The Morgan fingerprint density at radius 2 is 0.940 bits per heavy atom. The van der Waals surface area contributed by atoms with E-state index >= 15 is 0 Å². The van der Waals surface area contributed by atoms with Crippen LogP contribution in [0.1, 0.15) is 0 Å². The van der Waals surface area contributed by atoms with Crippen LogP contribution in [0, 0.1) is 0 Å². The molecular weight excluding hydrogens is 609 g/mol. The van der Waals surface area contributed by atoms with Crippen LogP contribution >= 0.6 is 0 Å². The van der Waals surface area contributed by atoms with Crippen LogP contribution in [0.25, 0.3) is 76.6 Å². The highest BCUT2D eigenvalue weighted by molar-refractivity contribution is 6.18. The molecule has 0 atom stereocenters. The van der Waals surface area contributed by atoms with Gasteiger partial charge in [-0.3, -0.25) is 4.98 Å². The first-order valence-electron chi connectivity index (χ1n) is 17.0. The zero-order valence-corrected chi connectivity index (χ0v) is 27.1. The SMILES string of the molecule is c1ccc2c(-c3ccc(N(c4ccc(-c5cccc6ccccc56)cc4)c4cccc5oc6c7ccccc7ncc6c45)cc3)cccc2c1. The summed E-state index contributed by atoms with van der Waals surface area (Å²) in [4.78, 5) is 7.18. The minimum absolute atomic E-state index is 0.834. The largest absolute Gasteiger partial charge is 0.455 e. The maximum atomic E-state index is 6.60. The summed E-state index contributed by atoms with van der Waals surface area (Å²) in [5, 5.41) is 8.02. The fourth-order valence-electron chi connectivity index (χ4n) is 7.54. The van der Waals surface area contributed by atoms with Crippen LogP contribution in [-0.2, 0) is 0 Å². The molecule has 10 rings (SSSR count). The number of pyridine rings is 1. The Labute approximate surface area is 289 Å². The number of rotatable bonds is 5. The molecule has 3 heteroatoms. The molecule has 50 heavy (non-hydrogen) atoms. The van der Waals surface area contributed by atoms with E-state index in [1.54, 1.807) is 0 Å². The second-order valence-corrected chi connectivity index (χ2v) is 12.8. The Kier molecular flexibility index (Phi) is 6.49. The predicted octanol–water partition coefficient (Wildman–Crippen LogP) is 13.2. The summed E-state index contributed by atoms with van der Waals surface area (Å²) in [6, 6.07) is 62.5. The van der Waals surface area contributed by atoms with E-state index in [1.807, 2.05) is 24.4 Å². The van der Waals surface area contributed by atoms with Gasteiger partial charge in [-0.05, 0) is 92.3 Å². The molecule has 0 fully saturated rings. The zero-order valence-electron chi connectivity index (χ0n) is 27.1. The third-order valence-electron chi connectivity index (χ3n) is 9.90. The lowest BCUT2D eigenvalue weighted by Gasteiger charge is -2.27. The van der Waals surface area contributed by atoms with E-state index in [2.05, 4.69) is 163 Å². The first-order valence-corrected chi connectivity index (χ1v) is 17.0. The second-order valence-electron chi connectivity index (χ2n) is 12.8. The smallest absolute Gasteiger partial charge is 0.146 e. The van der Waals surface area contributed by atoms with Gasteiger partial charge in [0.1, 0.15) is 11.2 Å². The van der Waals surface area contributed by atoms with Crippen molar-refractivity contribution < 1.29 is 4.42 Å². The average molecular weight is 639 g/mol. The summed E-state index contributed by atoms with van der Waals surface area (Å²) in [6.07, 6.45) is 1.96. The first-order chi connectivity index (χ1) is 24.8. The monoisotopic (exact) mass is 638 g/mol. The predicted molar refractivity (Wildman–Crippen MR) is 210 cm³/mol. The van der Waals surface area contributed by atoms with Crippen molar-refractivity contribution in [2.24, 2.45) is 0 Å². The van der Waals surface area contributed by atoms with Gasteiger partial charge in [0.15, 0.2) is 0 Å². The number of furan rings is 1. The molecule has 0 saturated heterocycles. The molecule has 2 heterocycles. The molecule has 8 aromatic carbocycles. The molecule has 0 spiro atoms. The van der Waals surface area contributed by atoms with Crippen LogP contribution in [0.5, 0.6) is 0 Å². The summed E-state index contributed by atoms with van der Waals surface area (Å²) in [5.41, 5.74) is 10.6. The molecule has 3 nitrogen and oxygen atoms in total. The molecule has 0 unspecified atom stereocenters. The van der Waals surface area contributed by atoms with Gasteiger partial charge >= 0.3 is 0 Å². The van der Waals surface area contributed by atoms with Crippen molar-refractivity contribution in [2.45, 2.75) is 0 Å². The number of fused-ring (bicyclic) bond motifs is 7. The third kappa shape index (κ3) is 4.56. The quantitative estimate of drug-likeness (QED) is 0.188. The molecule has 0 aliphatic heterocycles. The van der Waals surface area contributed by atoms with Crippen LogP contribution in [0.4, 0.5) is 17.1 Å². The van der Waals surface area contributed by atoms with Gasteiger partial charge in [0.05, 0.1) is 16.6 Å². The third-order valence-corrected chi connectivity index (χ3v) is 9.90. The zero-order chi connectivity index (χ0) is 33.0. The van der Waals surface area contributed by atoms with E-state index in [0.717, 1.165) is 49.9 Å². The summed E-state index contributed by atoms with van der Waals surface area (Å²) >= 11 is 0. The summed E-state index contributed by atoms with van der Waals surface area (Å²) in [6.45, 7) is 0. The lowest BCUT2D eigenvalue weighted by atomic mass is 9.97. The molecule has 0 aliphatic rings.